The molecular formula is C8H9ClN2O2. The Labute approximate surface area is 80.3 Å². The van der Waals surface area contributed by atoms with E-state index in [1.165, 1.54) is 12.1 Å². The Balaban J connectivity index is 2.79. The summed E-state index contributed by atoms with van der Waals surface area (Å²) in [4.78, 5) is 10.8. The summed E-state index contributed by atoms with van der Waals surface area (Å²) < 4.78 is 0. The molecule has 0 aliphatic rings. The van der Waals surface area contributed by atoms with E-state index in [0.717, 1.165) is 0 Å². The monoisotopic (exact) mass is 200 g/mol. The predicted molar refractivity (Wildman–Crippen MR) is 49.2 cm³/mol. The van der Waals surface area contributed by atoms with Crippen LogP contribution < -0.4 is 11.3 Å². The number of phenols is 1. The molecule has 5 heteroatoms. The quantitative estimate of drug-likeness (QED) is 0.371. The molecule has 0 aliphatic heterocycles. The molecule has 0 atom stereocenters. The molecule has 0 aliphatic carbocycles. The number of amides is 1. The van der Waals surface area contributed by atoms with Crippen LogP contribution in [0, 0.1) is 0 Å². The summed E-state index contributed by atoms with van der Waals surface area (Å²) in [5.41, 5.74) is 2.70. The van der Waals surface area contributed by atoms with Gasteiger partial charge in [-0.3, -0.25) is 10.2 Å². The van der Waals surface area contributed by atoms with Crippen molar-refractivity contribution in [2.24, 2.45) is 5.84 Å². The fraction of sp³-hybridized carbons (Fsp3) is 0.125. The average Bonchev–Trinajstić information content (AvgIpc) is 2.11. The van der Waals surface area contributed by atoms with Crippen molar-refractivity contribution < 1.29 is 9.90 Å². The number of phenolic OH excluding ortho intramolecular Hbond substituents is 1. The Morgan fingerprint density at radius 3 is 2.85 bits per heavy atom. The van der Waals surface area contributed by atoms with E-state index in [1.54, 1.807) is 6.07 Å². The van der Waals surface area contributed by atoms with Gasteiger partial charge in [-0.25, -0.2) is 5.84 Å². The van der Waals surface area contributed by atoms with Crippen molar-refractivity contribution in [1.29, 1.82) is 0 Å². The van der Waals surface area contributed by atoms with Crippen molar-refractivity contribution in [3.05, 3.63) is 28.8 Å². The number of carbonyl (C=O) groups is 1. The molecule has 4 nitrogen and oxygen atoms in total. The Kier molecular flexibility index (Phi) is 3.11. The van der Waals surface area contributed by atoms with E-state index in [2.05, 4.69) is 0 Å². The number of aromatic hydroxyl groups is 1. The minimum Gasteiger partial charge on any atom is -0.506 e. The highest BCUT2D eigenvalue weighted by molar-refractivity contribution is 6.32. The average molecular weight is 201 g/mol. The Morgan fingerprint density at radius 1 is 1.62 bits per heavy atom. The second-order valence-corrected chi connectivity index (χ2v) is 2.94. The third-order valence-electron chi connectivity index (χ3n) is 1.54. The number of hydrogen-bond donors (Lipinski definition) is 3. The van der Waals surface area contributed by atoms with Crippen LogP contribution in [-0.4, -0.2) is 11.0 Å². The van der Waals surface area contributed by atoms with Gasteiger partial charge < -0.3 is 5.11 Å². The van der Waals surface area contributed by atoms with Crippen LogP contribution in [0.15, 0.2) is 18.2 Å². The molecule has 1 aromatic carbocycles. The van der Waals surface area contributed by atoms with Crippen LogP contribution in [-0.2, 0) is 11.2 Å². The molecule has 0 spiro atoms. The van der Waals surface area contributed by atoms with Gasteiger partial charge in [0.1, 0.15) is 5.75 Å². The van der Waals surface area contributed by atoms with Crippen LogP contribution in [0.3, 0.4) is 0 Å². The minimum absolute atomic E-state index is 0.00132. The molecule has 0 fully saturated rings. The number of nitrogens with two attached hydrogens (primary N) is 1. The van der Waals surface area contributed by atoms with Crippen LogP contribution in [0.5, 0.6) is 5.75 Å². The lowest BCUT2D eigenvalue weighted by Crippen LogP contribution is -2.31. The van der Waals surface area contributed by atoms with Crippen molar-refractivity contribution in [1.82, 2.24) is 5.43 Å². The highest BCUT2D eigenvalue weighted by Gasteiger charge is 2.03. The van der Waals surface area contributed by atoms with E-state index in [1.807, 2.05) is 5.43 Å². The molecule has 13 heavy (non-hydrogen) atoms. The van der Waals surface area contributed by atoms with Crippen molar-refractivity contribution >= 4 is 17.5 Å². The SMILES string of the molecule is NNC(=O)Cc1ccc(O)c(Cl)c1. The van der Waals surface area contributed by atoms with E-state index in [9.17, 15) is 4.79 Å². The maximum Gasteiger partial charge on any atom is 0.238 e. The first-order valence-corrected chi connectivity index (χ1v) is 3.98. The van der Waals surface area contributed by atoms with Crippen molar-refractivity contribution in [2.45, 2.75) is 6.42 Å². The third kappa shape index (κ3) is 2.61. The number of halogens is 1. The Bertz CT molecular complexity index is 328. The molecule has 0 saturated carbocycles. The molecule has 0 heterocycles. The standard InChI is InChI=1S/C8H9ClN2O2/c9-6-3-5(1-2-7(6)12)4-8(13)11-10/h1-3,12H,4,10H2,(H,11,13). The highest BCUT2D eigenvalue weighted by atomic mass is 35.5. The van der Waals surface area contributed by atoms with Gasteiger partial charge in [-0.15, -0.1) is 0 Å². The summed E-state index contributed by atoms with van der Waals surface area (Å²) in [5.74, 6) is 4.60. The van der Waals surface area contributed by atoms with Gasteiger partial charge in [-0.2, -0.15) is 0 Å². The van der Waals surface area contributed by atoms with Gasteiger partial charge >= 0.3 is 0 Å². The number of benzene rings is 1. The van der Waals surface area contributed by atoms with Crippen molar-refractivity contribution in [2.75, 3.05) is 0 Å². The number of hydrazine groups is 1. The summed E-state index contributed by atoms with van der Waals surface area (Å²) in [6, 6.07) is 4.56. The van der Waals surface area contributed by atoms with Gasteiger partial charge in [0.25, 0.3) is 0 Å². The lowest BCUT2D eigenvalue weighted by molar-refractivity contribution is -0.120. The molecule has 1 rings (SSSR count). The fourth-order valence-corrected chi connectivity index (χ4v) is 1.10. The van der Waals surface area contributed by atoms with Gasteiger partial charge in [0.05, 0.1) is 11.4 Å². The molecule has 0 aromatic heterocycles. The van der Waals surface area contributed by atoms with Crippen LogP contribution >= 0.6 is 11.6 Å². The molecule has 0 unspecified atom stereocenters. The molecular weight excluding hydrogens is 192 g/mol. The first kappa shape index (κ1) is 9.83. The number of nitrogens with one attached hydrogen (secondary N) is 1. The van der Waals surface area contributed by atoms with Crippen molar-refractivity contribution in [3.63, 3.8) is 0 Å². The lowest BCUT2D eigenvalue weighted by atomic mass is 10.1. The maximum atomic E-state index is 10.8. The van der Waals surface area contributed by atoms with Crippen LogP contribution in [0.2, 0.25) is 5.02 Å². The second-order valence-electron chi connectivity index (χ2n) is 2.53. The smallest absolute Gasteiger partial charge is 0.238 e. The summed E-state index contributed by atoms with van der Waals surface area (Å²) in [6.07, 6.45) is 0.149. The number of carbonyl (C=O) groups excluding carboxylic acids is 1. The van der Waals surface area contributed by atoms with E-state index < -0.39 is 0 Å². The van der Waals surface area contributed by atoms with E-state index in [-0.39, 0.29) is 23.1 Å². The molecule has 0 radical (unpaired) electrons. The summed E-state index contributed by atoms with van der Waals surface area (Å²) in [6.45, 7) is 0. The Morgan fingerprint density at radius 2 is 2.31 bits per heavy atom. The topological polar surface area (TPSA) is 75.3 Å². The number of hydrogen-bond acceptors (Lipinski definition) is 3. The largest absolute Gasteiger partial charge is 0.506 e. The van der Waals surface area contributed by atoms with Gasteiger partial charge in [0.2, 0.25) is 5.91 Å². The minimum atomic E-state index is -0.304. The summed E-state index contributed by atoms with van der Waals surface area (Å²) >= 11 is 5.63. The fourth-order valence-electron chi connectivity index (χ4n) is 0.897. The van der Waals surface area contributed by atoms with Crippen LogP contribution in [0.25, 0.3) is 0 Å². The van der Waals surface area contributed by atoms with Crippen LogP contribution in [0.1, 0.15) is 5.56 Å². The van der Waals surface area contributed by atoms with Gasteiger partial charge in [0.15, 0.2) is 0 Å². The van der Waals surface area contributed by atoms with Crippen LogP contribution in [0.4, 0.5) is 0 Å². The van der Waals surface area contributed by atoms with Gasteiger partial charge in [-0.05, 0) is 17.7 Å². The summed E-state index contributed by atoms with van der Waals surface area (Å²) in [5, 5.41) is 9.30. The molecule has 1 amide bonds. The van der Waals surface area contributed by atoms with Gasteiger partial charge in [-0.1, -0.05) is 17.7 Å². The zero-order valence-electron chi connectivity index (χ0n) is 6.75. The molecule has 70 valence electrons. The molecule has 0 saturated heterocycles. The number of rotatable bonds is 2. The predicted octanol–water partition coefficient (Wildman–Crippen LogP) is 0.578. The second kappa shape index (κ2) is 4.11. The van der Waals surface area contributed by atoms with E-state index >= 15 is 0 Å². The van der Waals surface area contributed by atoms with Gasteiger partial charge in [0, 0.05) is 0 Å². The highest BCUT2D eigenvalue weighted by Crippen LogP contribution is 2.23. The summed E-state index contributed by atoms with van der Waals surface area (Å²) in [7, 11) is 0. The van der Waals surface area contributed by atoms with E-state index in [0.29, 0.717) is 5.56 Å². The lowest BCUT2D eigenvalue weighted by Gasteiger charge is -2.01. The first-order valence-electron chi connectivity index (χ1n) is 3.60. The molecule has 0 bridgehead atoms. The third-order valence-corrected chi connectivity index (χ3v) is 1.84. The zero-order chi connectivity index (χ0) is 9.84. The normalized spacial score (nSPS) is 9.69. The molecule has 4 N–H and O–H groups in total. The maximum absolute atomic E-state index is 10.8. The first-order chi connectivity index (χ1) is 6.13. The zero-order valence-corrected chi connectivity index (χ0v) is 7.51. The van der Waals surface area contributed by atoms with E-state index in [4.69, 9.17) is 22.6 Å². The molecule has 1 aromatic rings. The van der Waals surface area contributed by atoms with Crippen molar-refractivity contribution in [3.8, 4) is 5.75 Å². The Hall–Kier alpha value is -1.26.